The molecule has 0 saturated heterocycles. The fourth-order valence-electron chi connectivity index (χ4n) is 4.94. The van der Waals surface area contributed by atoms with E-state index in [4.69, 9.17) is 4.74 Å². The van der Waals surface area contributed by atoms with E-state index in [9.17, 15) is 23.6 Å². The quantitative estimate of drug-likeness (QED) is 0.274. The van der Waals surface area contributed by atoms with Crippen LogP contribution < -0.4 is 26.6 Å². The third-order valence-electron chi connectivity index (χ3n) is 7.01. The molecule has 0 bridgehead atoms. The summed E-state index contributed by atoms with van der Waals surface area (Å²) < 4.78 is 19.7. The fourth-order valence-corrected chi connectivity index (χ4v) is 4.94. The van der Waals surface area contributed by atoms with Crippen molar-refractivity contribution < 1.29 is 18.7 Å². The lowest BCUT2D eigenvalue weighted by molar-refractivity contribution is -0.123. The molecule has 0 spiro atoms. The monoisotopic (exact) mass is 556 g/mol. The number of likely N-dealkylation sites (N-methyl/N-ethyl adjacent to an activating group) is 1. The molecular formula is C31H29FN4O5. The summed E-state index contributed by atoms with van der Waals surface area (Å²) in [4.78, 5) is 55.1. The van der Waals surface area contributed by atoms with Crippen LogP contribution in [-0.2, 0) is 4.79 Å². The molecular weight excluding hydrogens is 527 g/mol. The molecule has 10 heteroatoms. The first-order chi connectivity index (χ1) is 19.7. The fraction of sp³-hybridized carbons (Fsp3) is 0.226. The molecule has 4 N–H and O–H groups in total. The van der Waals surface area contributed by atoms with E-state index in [1.165, 1.54) is 18.3 Å². The maximum absolute atomic E-state index is 13.6. The minimum atomic E-state index is -0.687. The number of ether oxygens (including phenoxy) is 1. The first kappa shape index (κ1) is 27.6. The van der Waals surface area contributed by atoms with Crippen LogP contribution in [0, 0.1) is 11.7 Å². The van der Waals surface area contributed by atoms with Crippen LogP contribution >= 0.6 is 0 Å². The zero-order chi connectivity index (χ0) is 29.3. The lowest BCUT2D eigenvalue weighted by Gasteiger charge is -2.18. The standard InChI is InChI=1S/C31H29FN4O5/c1-16(2)14-34-28(37)22-12-18(6-10-21(22)24-15-35-31(40)36-29(24)38)19-7-11-25-23(13-19)26(30(39)33-3)27(41-25)17-4-8-20(32)9-5-17/h4-13,15-16,26-27H,14H2,1-3H3,(H,33,39)(H,34,37)(H2,35,36,38,40). The van der Waals surface area contributed by atoms with Crippen LogP contribution in [0.3, 0.4) is 0 Å². The molecule has 1 aliphatic heterocycles. The lowest BCUT2D eigenvalue weighted by Crippen LogP contribution is -2.29. The Hall–Kier alpha value is -4.99. The Morgan fingerprint density at radius 3 is 2.37 bits per heavy atom. The molecule has 2 amide bonds. The Kier molecular flexibility index (Phi) is 7.56. The van der Waals surface area contributed by atoms with Gasteiger partial charge in [0.15, 0.2) is 0 Å². The third-order valence-corrected chi connectivity index (χ3v) is 7.01. The number of amides is 2. The molecule has 2 atom stereocenters. The van der Waals surface area contributed by atoms with Crippen molar-refractivity contribution in [2.24, 2.45) is 5.92 Å². The number of hydrogen-bond donors (Lipinski definition) is 4. The molecule has 2 unspecified atom stereocenters. The van der Waals surface area contributed by atoms with E-state index in [1.54, 1.807) is 43.4 Å². The van der Waals surface area contributed by atoms with Crippen LogP contribution in [0.5, 0.6) is 5.75 Å². The van der Waals surface area contributed by atoms with Gasteiger partial charge in [-0.2, -0.15) is 0 Å². The van der Waals surface area contributed by atoms with Crippen molar-refractivity contribution in [3.8, 4) is 28.0 Å². The Bertz CT molecular complexity index is 1740. The summed E-state index contributed by atoms with van der Waals surface area (Å²) in [6, 6.07) is 16.4. The smallest absolute Gasteiger partial charge is 0.325 e. The summed E-state index contributed by atoms with van der Waals surface area (Å²) >= 11 is 0. The van der Waals surface area contributed by atoms with Crippen LogP contribution in [0.15, 0.2) is 76.4 Å². The number of benzene rings is 3. The van der Waals surface area contributed by atoms with Gasteiger partial charge >= 0.3 is 5.69 Å². The summed E-state index contributed by atoms with van der Waals surface area (Å²) in [6.07, 6.45) is 0.638. The van der Waals surface area contributed by atoms with Gasteiger partial charge in [0.2, 0.25) is 5.91 Å². The number of aromatic nitrogens is 2. The summed E-state index contributed by atoms with van der Waals surface area (Å²) in [5, 5.41) is 5.59. The molecule has 9 nitrogen and oxygen atoms in total. The Morgan fingerprint density at radius 2 is 1.68 bits per heavy atom. The second-order valence-corrected chi connectivity index (χ2v) is 10.3. The summed E-state index contributed by atoms with van der Waals surface area (Å²) in [5.74, 6) is -0.962. The number of H-pyrrole nitrogens is 2. The second kappa shape index (κ2) is 11.2. The highest BCUT2D eigenvalue weighted by Gasteiger charge is 2.40. The molecule has 0 radical (unpaired) electrons. The number of carbonyl (C=O) groups excluding carboxylic acids is 2. The third kappa shape index (κ3) is 5.54. The first-order valence-electron chi connectivity index (χ1n) is 13.2. The molecule has 4 aromatic rings. The molecule has 1 aromatic heterocycles. The molecule has 1 aliphatic rings. The minimum Gasteiger partial charge on any atom is -0.484 e. The van der Waals surface area contributed by atoms with Gasteiger partial charge in [0, 0.05) is 36.5 Å². The van der Waals surface area contributed by atoms with Crippen LogP contribution in [0.2, 0.25) is 0 Å². The summed E-state index contributed by atoms with van der Waals surface area (Å²) in [5.41, 5.74) is 2.21. The molecule has 5 rings (SSSR count). The molecule has 0 aliphatic carbocycles. The number of fused-ring (bicyclic) bond motifs is 1. The molecule has 2 heterocycles. The second-order valence-electron chi connectivity index (χ2n) is 10.3. The number of halogens is 1. The van der Waals surface area contributed by atoms with Gasteiger partial charge in [-0.3, -0.25) is 19.4 Å². The van der Waals surface area contributed by atoms with Gasteiger partial charge in [-0.1, -0.05) is 44.2 Å². The van der Waals surface area contributed by atoms with Gasteiger partial charge in [0.1, 0.15) is 23.6 Å². The van der Waals surface area contributed by atoms with Crippen molar-refractivity contribution in [3.05, 3.63) is 110 Å². The van der Waals surface area contributed by atoms with Gasteiger partial charge < -0.3 is 20.4 Å². The predicted molar refractivity (Wildman–Crippen MR) is 152 cm³/mol. The highest BCUT2D eigenvalue weighted by Crippen LogP contribution is 2.47. The average molecular weight is 557 g/mol. The van der Waals surface area contributed by atoms with Crippen LogP contribution in [0.4, 0.5) is 4.39 Å². The topological polar surface area (TPSA) is 133 Å². The minimum absolute atomic E-state index is 0.148. The Balaban J connectivity index is 1.59. The normalized spacial score (nSPS) is 15.7. The van der Waals surface area contributed by atoms with E-state index in [2.05, 4.69) is 20.6 Å². The lowest BCUT2D eigenvalue weighted by atomic mass is 9.88. The zero-order valence-electron chi connectivity index (χ0n) is 22.7. The molecule has 0 saturated carbocycles. The average Bonchev–Trinajstić information content (AvgIpc) is 3.34. The number of nitrogens with one attached hydrogen (secondary N) is 4. The highest BCUT2D eigenvalue weighted by molar-refractivity contribution is 6.02. The van der Waals surface area contributed by atoms with E-state index in [0.29, 0.717) is 34.5 Å². The largest absolute Gasteiger partial charge is 0.484 e. The maximum Gasteiger partial charge on any atom is 0.325 e. The van der Waals surface area contributed by atoms with Crippen molar-refractivity contribution >= 4 is 11.8 Å². The van der Waals surface area contributed by atoms with E-state index < -0.39 is 23.3 Å². The van der Waals surface area contributed by atoms with Crippen molar-refractivity contribution in [3.63, 3.8) is 0 Å². The van der Waals surface area contributed by atoms with Crippen molar-refractivity contribution in [2.45, 2.75) is 25.9 Å². The van der Waals surface area contributed by atoms with Gasteiger partial charge in [-0.25, -0.2) is 9.18 Å². The molecule has 3 aromatic carbocycles. The Labute approximate surface area is 234 Å². The number of aromatic amines is 2. The van der Waals surface area contributed by atoms with Crippen LogP contribution in [0.1, 0.15) is 47.4 Å². The molecule has 41 heavy (non-hydrogen) atoms. The van der Waals surface area contributed by atoms with E-state index in [-0.39, 0.29) is 34.7 Å². The van der Waals surface area contributed by atoms with Gasteiger partial charge in [-0.05, 0) is 52.9 Å². The zero-order valence-corrected chi connectivity index (χ0v) is 22.7. The molecule has 210 valence electrons. The molecule has 0 fully saturated rings. The van der Waals surface area contributed by atoms with Crippen molar-refractivity contribution in [2.75, 3.05) is 13.6 Å². The van der Waals surface area contributed by atoms with Gasteiger partial charge in [0.05, 0.1) is 5.56 Å². The van der Waals surface area contributed by atoms with Crippen LogP contribution in [-0.4, -0.2) is 35.4 Å². The Morgan fingerprint density at radius 1 is 0.976 bits per heavy atom. The van der Waals surface area contributed by atoms with E-state index in [0.717, 1.165) is 5.56 Å². The number of carbonyl (C=O) groups is 2. The maximum atomic E-state index is 13.6. The SMILES string of the molecule is CNC(=O)C1c2cc(-c3ccc(-c4c[nH]c(=O)[nH]c4=O)c(C(=O)NCC(C)C)c3)ccc2OC1c1ccc(F)cc1. The van der Waals surface area contributed by atoms with Crippen LogP contribution in [0.25, 0.3) is 22.3 Å². The number of rotatable bonds is 7. The number of hydrogen-bond acceptors (Lipinski definition) is 5. The van der Waals surface area contributed by atoms with Gasteiger partial charge in [-0.15, -0.1) is 0 Å². The van der Waals surface area contributed by atoms with Gasteiger partial charge in [0.25, 0.3) is 11.5 Å². The highest BCUT2D eigenvalue weighted by atomic mass is 19.1. The van der Waals surface area contributed by atoms with Crippen molar-refractivity contribution in [1.82, 2.24) is 20.6 Å². The first-order valence-corrected chi connectivity index (χ1v) is 13.2. The van der Waals surface area contributed by atoms with E-state index in [1.807, 2.05) is 26.0 Å². The van der Waals surface area contributed by atoms with E-state index >= 15 is 0 Å². The summed E-state index contributed by atoms with van der Waals surface area (Å²) in [6.45, 7) is 4.37. The predicted octanol–water partition coefficient (Wildman–Crippen LogP) is 3.89. The summed E-state index contributed by atoms with van der Waals surface area (Å²) in [7, 11) is 1.55. The van der Waals surface area contributed by atoms with Crippen molar-refractivity contribution in [1.29, 1.82) is 0 Å².